The molecule has 2 aliphatic rings. The zero-order valence-electron chi connectivity index (χ0n) is 15.0. The molecule has 2 atom stereocenters. The molecule has 0 aromatic heterocycles. The summed E-state index contributed by atoms with van der Waals surface area (Å²) in [7, 11) is 0. The third-order valence-corrected chi connectivity index (χ3v) is 6.34. The summed E-state index contributed by atoms with van der Waals surface area (Å²) < 4.78 is 5.42. The van der Waals surface area contributed by atoms with Crippen LogP contribution in [-0.2, 0) is 4.79 Å². The van der Waals surface area contributed by atoms with Gasteiger partial charge in [-0.3, -0.25) is 9.59 Å². The molecule has 3 rings (SSSR count). The second-order valence-corrected chi connectivity index (χ2v) is 7.74. The van der Waals surface area contributed by atoms with Gasteiger partial charge >= 0.3 is 0 Å². The summed E-state index contributed by atoms with van der Waals surface area (Å²) in [5, 5.41) is 4.39. The lowest BCUT2D eigenvalue weighted by Gasteiger charge is -2.34. The highest BCUT2D eigenvalue weighted by Crippen LogP contribution is 2.63. The minimum absolute atomic E-state index is 0.0460. The maximum atomic E-state index is 12.1. The van der Waals surface area contributed by atoms with Crippen molar-refractivity contribution in [2.24, 2.45) is 27.6 Å². The first-order valence-corrected chi connectivity index (χ1v) is 8.63. The second-order valence-electron chi connectivity index (χ2n) is 7.74. The summed E-state index contributed by atoms with van der Waals surface area (Å²) in [6.45, 7) is 6.60. The molecule has 0 radical (unpaired) electrons. The zero-order chi connectivity index (χ0) is 18.2. The van der Waals surface area contributed by atoms with Crippen LogP contribution in [0, 0.1) is 16.7 Å². The minimum Gasteiger partial charge on any atom is -0.483 e. The number of benzene rings is 1. The summed E-state index contributed by atoms with van der Waals surface area (Å²) in [5.41, 5.74) is 9.48. The highest BCUT2D eigenvalue weighted by atomic mass is 16.5. The number of nitrogens with zero attached hydrogens (tertiary/aromatic N) is 1. The molecule has 2 unspecified atom stereocenters. The molecule has 1 aromatic carbocycles. The number of ether oxygens (including phenoxy) is 1. The van der Waals surface area contributed by atoms with Gasteiger partial charge in [0.25, 0.3) is 11.8 Å². The number of carbonyl (C=O) groups is 2. The lowest BCUT2D eigenvalue weighted by molar-refractivity contribution is -0.123. The summed E-state index contributed by atoms with van der Waals surface area (Å²) in [4.78, 5) is 23.4. The van der Waals surface area contributed by atoms with Crippen LogP contribution >= 0.6 is 0 Å². The Morgan fingerprint density at radius 3 is 2.64 bits per heavy atom. The number of rotatable bonds is 5. The number of nitrogens with two attached hydrogens (primary N) is 1. The molecule has 0 heterocycles. The SMILES string of the molecule is CC12CCC(C/C1=N/NC(=O)COc1ccccc1C(N)=O)C2(C)C. The molecule has 3 N–H and O–H groups in total. The third-order valence-electron chi connectivity index (χ3n) is 6.34. The average molecular weight is 343 g/mol. The highest BCUT2D eigenvalue weighted by molar-refractivity contribution is 5.96. The molecule has 2 bridgehead atoms. The summed E-state index contributed by atoms with van der Waals surface area (Å²) in [6.07, 6.45) is 3.28. The molecule has 0 saturated heterocycles. The molecule has 0 aliphatic heterocycles. The van der Waals surface area contributed by atoms with Crippen molar-refractivity contribution in [3.8, 4) is 5.75 Å². The van der Waals surface area contributed by atoms with Gasteiger partial charge in [0.1, 0.15) is 5.75 Å². The Morgan fingerprint density at radius 1 is 1.32 bits per heavy atom. The molecule has 25 heavy (non-hydrogen) atoms. The maximum Gasteiger partial charge on any atom is 0.277 e. The van der Waals surface area contributed by atoms with E-state index in [0.29, 0.717) is 11.7 Å². The molecule has 0 spiro atoms. The first-order chi connectivity index (χ1) is 11.8. The molecular formula is C19H25N3O3. The van der Waals surface area contributed by atoms with E-state index in [9.17, 15) is 9.59 Å². The van der Waals surface area contributed by atoms with Crippen molar-refractivity contribution in [2.75, 3.05) is 6.61 Å². The monoisotopic (exact) mass is 343 g/mol. The Hall–Kier alpha value is -2.37. The van der Waals surface area contributed by atoms with Gasteiger partial charge < -0.3 is 10.5 Å². The smallest absolute Gasteiger partial charge is 0.277 e. The van der Waals surface area contributed by atoms with Crippen LogP contribution in [0.5, 0.6) is 5.75 Å². The van der Waals surface area contributed by atoms with Crippen LogP contribution in [0.2, 0.25) is 0 Å². The number of fused-ring (bicyclic) bond motifs is 2. The fourth-order valence-corrected chi connectivity index (χ4v) is 4.20. The lowest BCUT2D eigenvalue weighted by Crippen LogP contribution is -2.35. The largest absolute Gasteiger partial charge is 0.483 e. The van der Waals surface area contributed by atoms with Gasteiger partial charge in [0, 0.05) is 11.1 Å². The molecule has 6 heteroatoms. The normalized spacial score (nSPS) is 28.1. The fraction of sp³-hybridized carbons (Fsp3) is 0.526. The fourth-order valence-electron chi connectivity index (χ4n) is 4.20. The van der Waals surface area contributed by atoms with E-state index in [1.165, 1.54) is 6.42 Å². The van der Waals surface area contributed by atoms with Crippen molar-refractivity contribution in [1.82, 2.24) is 5.43 Å². The van der Waals surface area contributed by atoms with Gasteiger partial charge in [-0.2, -0.15) is 5.10 Å². The van der Waals surface area contributed by atoms with Crippen molar-refractivity contribution < 1.29 is 14.3 Å². The van der Waals surface area contributed by atoms with E-state index in [2.05, 4.69) is 31.3 Å². The molecule has 2 fully saturated rings. The van der Waals surface area contributed by atoms with Gasteiger partial charge in [-0.15, -0.1) is 0 Å². The van der Waals surface area contributed by atoms with Crippen LogP contribution in [0.15, 0.2) is 29.4 Å². The number of hydrogen-bond donors (Lipinski definition) is 2. The molecule has 1 aromatic rings. The highest BCUT2D eigenvalue weighted by Gasteiger charge is 2.59. The second kappa shape index (κ2) is 6.17. The quantitative estimate of drug-likeness (QED) is 0.804. The first-order valence-electron chi connectivity index (χ1n) is 8.63. The minimum atomic E-state index is -0.589. The van der Waals surface area contributed by atoms with Gasteiger partial charge in [-0.1, -0.05) is 32.9 Å². The Morgan fingerprint density at radius 2 is 2.04 bits per heavy atom. The number of amides is 2. The predicted molar refractivity (Wildman–Crippen MR) is 95.3 cm³/mol. The first kappa shape index (κ1) is 17.5. The number of primary amides is 1. The Kier molecular flexibility index (Phi) is 4.31. The third kappa shape index (κ3) is 2.90. The molecule has 2 amide bonds. The number of nitrogens with one attached hydrogen (secondary N) is 1. The number of para-hydroxylation sites is 1. The average Bonchev–Trinajstić information content (AvgIpc) is 2.91. The molecule has 6 nitrogen and oxygen atoms in total. The van der Waals surface area contributed by atoms with Gasteiger partial charge in [0.05, 0.1) is 5.56 Å². The maximum absolute atomic E-state index is 12.1. The van der Waals surface area contributed by atoms with Crippen molar-refractivity contribution in [1.29, 1.82) is 0 Å². The van der Waals surface area contributed by atoms with Crippen LogP contribution in [0.25, 0.3) is 0 Å². The zero-order valence-corrected chi connectivity index (χ0v) is 15.0. The van der Waals surface area contributed by atoms with Gasteiger partial charge in [-0.05, 0) is 42.7 Å². The molecule has 134 valence electrons. The van der Waals surface area contributed by atoms with E-state index in [4.69, 9.17) is 10.5 Å². The molecule has 2 saturated carbocycles. The van der Waals surface area contributed by atoms with E-state index in [1.807, 2.05) is 0 Å². The van der Waals surface area contributed by atoms with Gasteiger partial charge in [0.15, 0.2) is 6.61 Å². The van der Waals surface area contributed by atoms with Crippen molar-refractivity contribution >= 4 is 17.5 Å². The van der Waals surface area contributed by atoms with E-state index in [1.54, 1.807) is 24.3 Å². The van der Waals surface area contributed by atoms with Crippen LogP contribution in [0.4, 0.5) is 0 Å². The van der Waals surface area contributed by atoms with Gasteiger partial charge in [0.2, 0.25) is 0 Å². The summed E-state index contributed by atoms with van der Waals surface area (Å²) in [6, 6.07) is 6.58. The molecular weight excluding hydrogens is 318 g/mol. The van der Waals surface area contributed by atoms with Crippen molar-refractivity contribution in [2.45, 2.75) is 40.0 Å². The Balaban J connectivity index is 1.61. The lowest BCUT2D eigenvalue weighted by atomic mass is 9.70. The standard InChI is InChI=1S/C19H25N3O3/c1-18(2)12-8-9-19(18,3)15(10-12)21-22-16(23)11-25-14-7-5-4-6-13(14)17(20)24/h4-7,12H,8-11H2,1-3H3,(H2,20,24)(H,22,23)/b21-15-. The van der Waals surface area contributed by atoms with Gasteiger partial charge in [-0.25, -0.2) is 5.43 Å². The summed E-state index contributed by atoms with van der Waals surface area (Å²) >= 11 is 0. The Labute approximate surface area is 147 Å². The van der Waals surface area contributed by atoms with E-state index >= 15 is 0 Å². The molecule has 2 aliphatic carbocycles. The van der Waals surface area contributed by atoms with Crippen LogP contribution < -0.4 is 15.9 Å². The number of hydrazone groups is 1. The van der Waals surface area contributed by atoms with E-state index in [0.717, 1.165) is 18.6 Å². The summed E-state index contributed by atoms with van der Waals surface area (Å²) in [5.74, 6) is -0.0120. The van der Waals surface area contributed by atoms with E-state index < -0.39 is 5.91 Å². The topological polar surface area (TPSA) is 93.8 Å². The Bertz CT molecular complexity index is 741. The number of hydrogen-bond acceptors (Lipinski definition) is 4. The number of carbonyl (C=O) groups excluding carboxylic acids is 2. The van der Waals surface area contributed by atoms with Crippen molar-refractivity contribution in [3.05, 3.63) is 29.8 Å². The van der Waals surface area contributed by atoms with Crippen LogP contribution in [0.3, 0.4) is 0 Å². The van der Waals surface area contributed by atoms with Crippen LogP contribution in [-0.4, -0.2) is 24.1 Å². The van der Waals surface area contributed by atoms with Crippen LogP contribution in [0.1, 0.15) is 50.4 Å². The van der Waals surface area contributed by atoms with Crippen molar-refractivity contribution in [3.63, 3.8) is 0 Å². The predicted octanol–water partition coefficient (Wildman–Crippen LogP) is 2.48. The van der Waals surface area contributed by atoms with E-state index in [-0.39, 0.29) is 28.9 Å².